The third-order valence-corrected chi connectivity index (χ3v) is 7.40. The van der Waals surface area contributed by atoms with Crippen molar-refractivity contribution in [3.63, 3.8) is 0 Å². The average molecular weight is 631 g/mol. The van der Waals surface area contributed by atoms with Crippen LogP contribution < -0.4 is 19.5 Å². The molecule has 0 saturated heterocycles. The molecule has 2 aliphatic rings. The minimum absolute atomic E-state index is 0.00993. The number of aromatic carboxylic acids is 1. The number of ether oxygens (including phenoxy) is 3. The summed E-state index contributed by atoms with van der Waals surface area (Å²) in [5.41, 5.74) is -0.254. The summed E-state index contributed by atoms with van der Waals surface area (Å²) >= 11 is 0. The van der Waals surface area contributed by atoms with Gasteiger partial charge in [-0.05, 0) is 74.2 Å². The lowest BCUT2D eigenvalue weighted by atomic mass is 9.91. The van der Waals surface area contributed by atoms with Crippen molar-refractivity contribution < 1.29 is 50.9 Å². The largest absolute Gasteiger partial charge is 0.586 e. The number of halogens is 5. The van der Waals surface area contributed by atoms with Crippen molar-refractivity contribution in [1.29, 1.82) is 0 Å². The van der Waals surface area contributed by atoms with Gasteiger partial charge in [-0.15, -0.1) is 8.78 Å². The first-order chi connectivity index (χ1) is 21.3. The second kappa shape index (κ2) is 11.1. The van der Waals surface area contributed by atoms with Gasteiger partial charge in [0.1, 0.15) is 6.10 Å². The molecule has 0 unspecified atom stereocenters. The number of nitrogens with zero attached hydrogens (tertiary/aromatic N) is 3. The Bertz CT molecular complexity index is 1790. The second-order valence-corrected chi connectivity index (χ2v) is 10.4. The lowest BCUT2D eigenvalue weighted by molar-refractivity contribution is -0.286. The molecule has 6 rings (SSSR count). The fourth-order valence-corrected chi connectivity index (χ4v) is 5.32. The first-order valence-corrected chi connectivity index (χ1v) is 13.6. The lowest BCUT2D eigenvalue weighted by Crippen LogP contribution is -2.32. The highest BCUT2D eigenvalue weighted by molar-refractivity contribution is 5.96. The molecule has 15 heteroatoms. The first-order valence-electron chi connectivity index (χ1n) is 13.6. The van der Waals surface area contributed by atoms with Crippen LogP contribution in [0.15, 0.2) is 60.8 Å². The third-order valence-electron chi connectivity index (χ3n) is 7.40. The molecule has 4 aromatic rings. The summed E-state index contributed by atoms with van der Waals surface area (Å²) in [5, 5.41) is 15.8. The number of carboxylic acid groups (broad SMARTS) is 1. The number of alkyl halides is 5. The van der Waals surface area contributed by atoms with Gasteiger partial charge < -0.3 is 24.6 Å². The molecule has 1 amide bonds. The van der Waals surface area contributed by atoms with Crippen LogP contribution in [0.2, 0.25) is 0 Å². The Balaban J connectivity index is 1.30. The lowest BCUT2D eigenvalue weighted by Gasteiger charge is -2.26. The fraction of sp³-hybridized carbons (Fsp3) is 0.267. The number of carbonyl (C=O) groups excluding carboxylic acids is 1. The summed E-state index contributed by atoms with van der Waals surface area (Å²) in [4.78, 5) is 28.4. The number of hydrogen-bond acceptors (Lipinski definition) is 7. The van der Waals surface area contributed by atoms with E-state index in [1.54, 1.807) is 6.92 Å². The van der Waals surface area contributed by atoms with Gasteiger partial charge >= 0.3 is 18.4 Å². The zero-order valence-corrected chi connectivity index (χ0v) is 23.3. The Morgan fingerprint density at radius 1 is 1.07 bits per heavy atom. The van der Waals surface area contributed by atoms with E-state index in [2.05, 4.69) is 24.9 Å². The van der Waals surface area contributed by atoms with Crippen LogP contribution in [0.1, 0.15) is 75.1 Å². The second-order valence-electron chi connectivity index (χ2n) is 10.4. The Hall–Kier alpha value is -5.21. The van der Waals surface area contributed by atoms with Gasteiger partial charge in [-0.3, -0.25) is 4.79 Å². The van der Waals surface area contributed by atoms with E-state index >= 15 is 0 Å². The molecule has 3 heterocycles. The number of fused-ring (bicyclic) bond motifs is 2. The van der Waals surface area contributed by atoms with E-state index in [1.807, 2.05) is 0 Å². The minimum Gasteiger partial charge on any atom is -0.478 e. The summed E-state index contributed by atoms with van der Waals surface area (Å²) in [6.07, 6.45) is -7.23. The van der Waals surface area contributed by atoms with Crippen LogP contribution >= 0.6 is 0 Å². The minimum atomic E-state index is -4.77. The van der Waals surface area contributed by atoms with Gasteiger partial charge in [-0.1, -0.05) is 6.07 Å². The van der Waals surface area contributed by atoms with E-state index < -0.39 is 42.2 Å². The number of nitrogens with one attached hydrogen (secondary N) is 1. The monoisotopic (exact) mass is 630 g/mol. The number of hydrogen-bond donors (Lipinski definition) is 2. The van der Waals surface area contributed by atoms with E-state index in [0.29, 0.717) is 18.4 Å². The summed E-state index contributed by atoms with van der Waals surface area (Å²) in [6, 6.07) is 11.2. The highest BCUT2D eigenvalue weighted by atomic mass is 19.4. The molecule has 0 radical (unpaired) electrons. The maximum atomic E-state index is 14.1. The van der Waals surface area contributed by atoms with Crippen molar-refractivity contribution in [2.45, 2.75) is 50.8 Å². The Morgan fingerprint density at radius 3 is 2.49 bits per heavy atom. The highest BCUT2D eigenvalue weighted by Crippen LogP contribution is 2.43. The average Bonchev–Trinajstić information content (AvgIpc) is 3.54. The standard InChI is InChI=1S/C30H23F5N4O6/c1-15(18-9-10-22-23(13-18)45-30(34,35)44-22)43-24-14-19(11-12-36-24)39-25-20(26(38-39)29(31,32)33)3-2-4-21(25)37-27(40)16-5-7-17(8-6-16)28(41)42/h5-15,21H,2-4H2,1H3,(H,37,40)(H,41,42)/t15-,21-/m0/s1. The van der Waals surface area contributed by atoms with Crippen LogP contribution in [0.3, 0.4) is 0 Å². The number of carbonyl (C=O) groups is 2. The van der Waals surface area contributed by atoms with Gasteiger partial charge in [0, 0.05) is 23.4 Å². The Morgan fingerprint density at radius 2 is 1.78 bits per heavy atom. The van der Waals surface area contributed by atoms with E-state index in [1.165, 1.54) is 60.8 Å². The molecule has 0 bridgehead atoms. The van der Waals surface area contributed by atoms with E-state index in [4.69, 9.17) is 9.84 Å². The molecule has 1 aliphatic carbocycles. The molecule has 0 fully saturated rings. The summed E-state index contributed by atoms with van der Waals surface area (Å²) in [7, 11) is 0. The molecular weight excluding hydrogens is 607 g/mol. The maximum Gasteiger partial charge on any atom is 0.586 e. The van der Waals surface area contributed by atoms with Gasteiger partial charge in [0.2, 0.25) is 5.88 Å². The third kappa shape index (κ3) is 5.97. The van der Waals surface area contributed by atoms with Gasteiger partial charge in [-0.25, -0.2) is 14.5 Å². The number of rotatable bonds is 7. The molecule has 234 valence electrons. The van der Waals surface area contributed by atoms with E-state index in [-0.39, 0.29) is 51.9 Å². The summed E-state index contributed by atoms with van der Waals surface area (Å²) < 4.78 is 85.2. The van der Waals surface area contributed by atoms with Gasteiger partial charge in [0.25, 0.3) is 5.91 Å². The first kappa shape index (κ1) is 29.8. The summed E-state index contributed by atoms with van der Waals surface area (Å²) in [6.45, 7) is 1.62. The van der Waals surface area contributed by atoms with Gasteiger partial charge in [0.15, 0.2) is 17.2 Å². The quantitative estimate of drug-likeness (QED) is 0.230. The molecule has 2 aromatic heterocycles. The Labute approximate surface area is 251 Å². The molecule has 45 heavy (non-hydrogen) atoms. The fourth-order valence-electron chi connectivity index (χ4n) is 5.32. The molecule has 2 aromatic carbocycles. The van der Waals surface area contributed by atoms with Crippen molar-refractivity contribution in [3.05, 3.63) is 94.4 Å². The van der Waals surface area contributed by atoms with Gasteiger partial charge in [0.05, 0.1) is 23.0 Å². The number of amides is 1. The topological polar surface area (TPSA) is 125 Å². The molecule has 2 atom stereocenters. The maximum absolute atomic E-state index is 14.1. The van der Waals surface area contributed by atoms with Crippen LogP contribution in [0, 0.1) is 0 Å². The van der Waals surface area contributed by atoms with E-state index in [9.17, 15) is 31.5 Å². The van der Waals surface area contributed by atoms with Crippen LogP contribution in [-0.2, 0) is 12.6 Å². The normalized spacial score (nSPS) is 17.3. The number of aromatic nitrogens is 3. The molecular formula is C30H23F5N4O6. The van der Waals surface area contributed by atoms with Crippen molar-refractivity contribution in [1.82, 2.24) is 20.1 Å². The summed E-state index contributed by atoms with van der Waals surface area (Å²) in [5.74, 6) is -2.07. The smallest absolute Gasteiger partial charge is 0.478 e. The van der Waals surface area contributed by atoms with Crippen LogP contribution in [0.25, 0.3) is 5.69 Å². The molecule has 0 spiro atoms. The van der Waals surface area contributed by atoms with Crippen LogP contribution in [-0.4, -0.2) is 38.0 Å². The molecule has 2 N–H and O–H groups in total. The van der Waals surface area contributed by atoms with Crippen molar-refractivity contribution in [3.8, 4) is 23.1 Å². The SMILES string of the molecule is C[C@H](Oc1cc(-n2nc(C(F)(F)F)c3c2[C@@H](NC(=O)c2ccc(C(=O)O)cc2)CCC3)ccn1)c1ccc2c(c1)OC(F)(F)O2. The molecule has 1 aliphatic heterocycles. The number of carboxylic acids is 1. The highest BCUT2D eigenvalue weighted by Gasteiger charge is 2.44. The number of benzene rings is 2. The van der Waals surface area contributed by atoms with Crippen molar-refractivity contribution >= 4 is 11.9 Å². The van der Waals surface area contributed by atoms with E-state index in [0.717, 1.165) is 4.68 Å². The zero-order valence-electron chi connectivity index (χ0n) is 23.3. The van der Waals surface area contributed by atoms with Crippen LogP contribution in [0.4, 0.5) is 22.0 Å². The van der Waals surface area contributed by atoms with Crippen molar-refractivity contribution in [2.75, 3.05) is 0 Å². The van der Waals surface area contributed by atoms with Gasteiger partial charge in [-0.2, -0.15) is 18.3 Å². The molecule has 0 saturated carbocycles. The number of pyridine rings is 1. The Kier molecular flexibility index (Phi) is 7.33. The molecule has 10 nitrogen and oxygen atoms in total. The van der Waals surface area contributed by atoms with Crippen LogP contribution in [0.5, 0.6) is 17.4 Å². The zero-order chi connectivity index (χ0) is 32.1. The predicted octanol–water partition coefficient (Wildman–Crippen LogP) is 6.25. The van der Waals surface area contributed by atoms with Crippen molar-refractivity contribution in [2.24, 2.45) is 0 Å². The predicted molar refractivity (Wildman–Crippen MR) is 145 cm³/mol.